The molecule has 0 saturated carbocycles. The molecule has 1 aliphatic heterocycles. The molecule has 11 heavy (non-hydrogen) atoms. The number of hydrogen-bond donors (Lipinski definition) is 1. The second kappa shape index (κ2) is 2.61. The third-order valence-electron chi connectivity index (χ3n) is 1.32. The summed E-state index contributed by atoms with van der Waals surface area (Å²) in [7, 11) is 0. The number of hydrogen-bond acceptors (Lipinski definition) is 3. The van der Waals surface area contributed by atoms with Crippen LogP contribution in [0.1, 0.15) is 0 Å². The van der Waals surface area contributed by atoms with Gasteiger partial charge in [-0.3, -0.25) is 0 Å². The fourth-order valence-corrected chi connectivity index (χ4v) is 2.57. The van der Waals surface area contributed by atoms with E-state index >= 15 is 0 Å². The Bertz CT molecular complexity index is 245. The fraction of sp³-hybridized carbons (Fsp3) is 0.143. The van der Waals surface area contributed by atoms with E-state index in [9.17, 15) is 5.11 Å². The van der Waals surface area contributed by atoms with E-state index in [-0.39, 0.29) is 0 Å². The normalized spacial score (nSPS) is 20.8. The molecule has 3 nitrogen and oxygen atoms in total. The summed E-state index contributed by atoms with van der Waals surface area (Å²) < 4.78 is -0.103. The standard InChI is InChI=1S/C7H7AsO3/c9-7(10-11-7)8-6-4-2-1-3-5-6/h1-5,8-9H. The second-order valence-electron chi connectivity index (χ2n) is 2.24. The Hall–Kier alpha value is -0.342. The van der Waals surface area contributed by atoms with Crippen molar-refractivity contribution in [2.75, 3.05) is 0 Å². The molecule has 0 aliphatic carbocycles. The molecule has 1 N–H and O–H groups in total. The van der Waals surface area contributed by atoms with Gasteiger partial charge < -0.3 is 0 Å². The molecule has 0 spiro atoms. The molecule has 1 unspecified atom stereocenters. The zero-order valence-corrected chi connectivity index (χ0v) is 7.75. The Morgan fingerprint density at radius 1 is 1.18 bits per heavy atom. The van der Waals surface area contributed by atoms with Crippen molar-refractivity contribution >= 4 is 20.1 Å². The van der Waals surface area contributed by atoms with Gasteiger partial charge in [0, 0.05) is 0 Å². The van der Waals surface area contributed by atoms with Crippen LogP contribution in [-0.2, 0) is 9.78 Å². The zero-order valence-electron chi connectivity index (χ0n) is 5.65. The summed E-state index contributed by atoms with van der Waals surface area (Å²) in [5.74, 6) is 0. The van der Waals surface area contributed by atoms with E-state index < -0.39 is 20.5 Å². The van der Waals surface area contributed by atoms with Crippen LogP contribution in [0, 0.1) is 0 Å². The third-order valence-corrected chi connectivity index (χ3v) is 3.63. The Balaban J connectivity index is 2.07. The van der Waals surface area contributed by atoms with Crippen molar-refractivity contribution in [3.8, 4) is 0 Å². The molecule has 2 rings (SSSR count). The Morgan fingerprint density at radius 2 is 1.82 bits per heavy atom. The Labute approximate surface area is 70.6 Å². The predicted octanol–water partition coefficient (Wildman–Crippen LogP) is -0.686. The van der Waals surface area contributed by atoms with E-state index in [1.54, 1.807) is 0 Å². The molecule has 1 aliphatic rings. The molecule has 1 aromatic rings. The molecule has 0 radical (unpaired) electrons. The van der Waals surface area contributed by atoms with Gasteiger partial charge in [-0.15, -0.1) is 0 Å². The summed E-state index contributed by atoms with van der Waals surface area (Å²) in [6.45, 7) is 0. The van der Waals surface area contributed by atoms with E-state index in [0.717, 1.165) is 4.35 Å². The first kappa shape index (κ1) is 7.32. The number of rotatable bonds is 2. The van der Waals surface area contributed by atoms with Gasteiger partial charge >= 0.3 is 70.1 Å². The molecular weight excluding hydrogens is 207 g/mol. The van der Waals surface area contributed by atoms with Gasteiger partial charge in [0.2, 0.25) is 0 Å². The second-order valence-corrected chi connectivity index (χ2v) is 5.30. The quantitative estimate of drug-likeness (QED) is 0.402. The molecule has 1 atom stereocenters. The summed E-state index contributed by atoms with van der Waals surface area (Å²) in [5.41, 5.74) is 0. The minimum absolute atomic E-state index is 0.728. The molecule has 58 valence electrons. The van der Waals surface area contributed by atoms with Crippen LogP contribution in [0.15, 0.2) is 30.3 Å². The van der Waals surface area contributed by atoms with Crippen LogP contribution in [-0.4, -0.2) is 25.6 Å². The number of aliphatic hydroxyl groups is 1. The maximum atomic E-state index is 9.19. The molecule has 0 bridgehead atoms. The topological polar surface area (TPSA) is 45.3 Å². The third kappa shape index (κ3) is 1.82. The number of benzene rings is 1. The van der Waals surface area contributed by atoms with Gasteiger partial charge in [0.15, 0.2) is 0 Å². The summed E-state index contributed by atoms with van der Waals surface area (Å²) in [4.78, 5) is 8.82. The van der Waals surface area contributed by atoms with Crippen molar-refractivity contribution in [1.29, 1.82) is 0 Å². The van der Waals surface area contributed by atoms with Gasteiger partial charge in [0.05, 0.1) is 0 Å². The molecular formula is C7H7AsO3. The van der Waals surface area contributed by atoms with Crippen molar-refractivity contribution in [2.45, 2.75) is 4.76 Å². The van der Waals surface area contributed by atoms with Gasteiger partial charge in [-0.05, 0) is 0 Å². The summed E-state index contributed by atoms with van der Waals surface area (Å²) in [5, 5.41) is 9.19. The first-order chi connectivity index (χ1) is 5.29. The van der Waals surface area contributed by atoms with Crippen LogP contribution in [0.3, 0.4) is 0 Å². The minimum atomic E-state index is -1.22. The van der Waals surface area contributed by atoms with Crippen LogP contribution >= 0.6 is 0 Å². The van der Waals surface area contributed by atoms with Crippen LogP contribution in [0.25, 0.3) is 0 Å². The SMILES string of the molecule is OC1([AsH]c2ccccc2)OO1. The van der Waals surface area contributed by atoms with Gasteiger partial charge in [0.25, 0.3) is 0 Å². The van der Waals surface area contributed by atoms with Gasteiger partial charge in [-0.1, -0.05) is 0 Å². The van der Waals surface area contributed by atoms with Gasteiger partial charge in [-0.25, -0.2) is 0 Å². The Morgan fingerprint density at radius 3 is 2.36 bits per heavy atom. The van der Waals surface area contributed by atoms with Crippen LogP contribution in [0.5, 0.6) is 0 Å². The first-order valence-corrected chi connectivity index (χ1v) is 5.31. The molecule has 4 heteroatoms. The van der Waals surface area contributed by atoms with E-state index in [4.69, 9.17) is 0 Å². The van der Waals surface area contributed by atoms with Gasteiger partial charge in [-0.2, -0.15) is 0 Å². The van der Waals surface area contributed by atoms with Crippen molar-refractivity contribution < 1.29 is 14.9 Å². The maximum absolute atomic E-state index is 9.19. The molecule has 1 fully saturated rings. The van der Waals surface area contributed by atoms with Crippen LogP contribution in [0.2, 0.25) is 0 Å². The molecule has 1 aromatic carbocycles. The summed E-state index contributed by atoms with van der Waals surface area (Å²) in [6.07, 6.45) is 0. The molecule has 1 saturated heterocycles. The van der Waals surface area contributed by atoms with E-state index in [0.29, 0.717) is 0 Å². The van der Waals surface area contributed by atoms with Crippen molar-refractivity contribution in [2.24, 2.45) is 0 Å². The van der Waals surface area contributed by atoms with Crippen molar-refractivity contribution in [3.05, 3.63) is 30.3 Å². The van der Waals surface area contributed by atoms with Crippen molar-refractivity contribution in [3.63, 3.8) is 0 Å². The molecule has 0 amide bonds. The van der Waals surface area contributed by atoms with Crippen LogP contribution in [0.4, 0.5) is 0 Å². The van der Waals surface area contributed by atoms with E-state index in [1.165, 1.54) is 0 Å². The fourth-order valence-electron chi connectivity index (χ4n) is 0.785. The molecule has 0 aromatic heterocycles. The predicted molar refractivity (Wildman–Crippen MR) is 40.3 cm³/mol. The summed E-state index contributed by atoms with van der Waals surface area (Å²) >= 11 is -0.728. The first-order valence-electron chi connectivity index (χ1n) is 3.21. The average molecular weight is 214 g/mol. The van der Waals surface area contributed by atoms with E-state index in [1.807, 2.05) is 30.3 Å². The monoisotopic (exact) mass is 214 g/mol. The summed E-state index contributed by atoms with van der Waals surface area (Å²) in [6, 6.07) is 9.73. The zero-order chi connectivity index (χ0) is 7.73. The molecule has 1 heterocycles. The van der Waals surface area contributed by atoms with E-state index in [2.05, 4.69) is 9.78 Å². The van der Waals surface area contributed by atoms with Gasteiger partial charge in [0.1, 0.15) is 0 Å². The average Bonchev–Trinajstić information content (AvgIpc) is 2.70. The van der Waals surface area contributed by atoms with Crippen LogP contribution < -0.4 is 4.35 Å². The van der Waals surface area contributed by atoms with Crippen molar-refractivity contribution in [1.82, 2.24) is 0 Å². The Kier molecular flexibility index (Phi) is 1.74.